The Bertz CT molecular complexity index is 1180. The Hall–Kier alpha value is -3.88. The summed E-state index contributed by atoms with van der Waals surface area (Å²) in [6.07, 6.45) is 2.18. The van der Waals surface area contributed by atoms with Crippen molar-refractivity contribution in [2.75, 3.05) is 6.54 Å². The third-order valence-corrected chi connectivity index (χ3v) is 6.65. The maximum atomic E-state index is 14.2. The first-order valence-corrected chi connectivity index (χ1v) is 14.3. The smallest absolute Gasteiger partial charge is 0.408 e. The standard InChI is InChI=1S/C32H46N4O5/c1-7-8-9-13-18-36(30(39)26(20-27(33)37)35-31(40)41-32(4,5)6)28(25-17-16-22(2)23(3)19-25)29(38)34-21-24-14-11-10-12-15-24/h10-12,14-17,19,26,28H,7-9,13,18,20-21H2,1-6H3,(H2,33,37)(H,34,38)(H,35,40). The molecule has 9 nitrogen and oxygen atoms in total. The van der Waals surface area contributed by atoms with Gasteiger partial charge < -0.3 is 26.0 Å². The Kier molecular flexibility index (Phi) is 12.8. The second kappa shape index (κ2) is 15.8. The highest BCUT2D eigenvalue weighted by atomic mass is 16.6. The van der Waals surface area contributed by atoms with Gasteiger partial charge in [0.15, 0.2) is 0 Å². The lowest BCUT2D eigenvalue weighted by atomic mass is 9.97. The lowest BCUT2D eigenvalue weighted by Crippen LogP contribution is -2.54. The normalized spacial score (nSPS) is 12.6. The number of alkyl carbamates (subject to hydrolysis) is 1. The molecule has 0 aromatic heterocycles. The van der Waals surface area contributed by atoms with Crippen molar-refractivity contribution in [2.45, 2.75) is 97.9 Å². The molecule has 0 aliphatic rings. The van der Waals surface area contributed by atoms with Gasteiger partial charge in [0.05, 0.1) is 6.42 Å². The highest BCUT2D eigenvalue weighted by molar-refractivity contribution is 5.94. The summed E-state index contributed by atoms with van der Waals surface area (Å²) < 4.78 is 5.35. The van der Waals surface area contributed by atoms with E-state index in [-0.39, 0.29) is 19.0 Å². The van der Waals surface area contributed by atoms with Gasteiger partial charge in [-0.1, -0.05) is 74.7 Å². The number of benzene rings is 2. The van der Waals surface area contributed by atoms with E-state index in [4.69, 9.17) is 10.5 Å². The molecule has 0 fully saturated rings. The minimum atomic E-state index is -1.30. The second-order valence-corrected chi connectivity index (χ2v) is 11.4. The number of carbonyl (C=O) groups is 4. The number of nitrogens with one attached hydrogen (secondary N) is 2. The van der Waals surface area contributed by atoms with Crippen LogP contribution in [-0.2, 0) is 25.7 Å². The number of unbranched alkanes of at least 4 members (excludes halogenated alkanes) is 3. The third-order valence-electron chi connectivity index (χ3n) is 6.65. The van der Waals surface area contributed by atoms with Gasteiger partial charge in [0, 0.05) is 13.1 Å². The van der Waals surface area contributed by atoms with Gasteiger partial charge in [0.1, 0.15) is 17.7 Å². The Labute approximate surface area is 244 Å². The number of nitrogens with zero attached hydrogens (tertiary/aromatic N) is 1. The van der Waals surface area contributed by atoms with Crippen LogP contribution in [-0.4, -0.2) is 46.9 Å². The highest BCUT2D eigenvalue weighted by Gasteiger charge is 2.36. The van der Waals surface area contributed by atoms with Crippen LogP contribution < -0.4 is 16.4 Å². The minimum Gasteiger partial charge on any atom is -0.444 e. The molecule has 4 N–H and O–H groups in total. The Balaban J connectivity index is 2.52. The molecule has 0 aliphatic carbocycles. The fourth-order valence-corrected chi connectivity index (χ4v) is 4.42. The van der Waals surface area contributed by atoms with E-state index in [0.717, 1.165) is 36.0 Å². The number of nitrogens with two attached hydrogens (primary N) is 1. The molecule has 0 radical (unpaired) electrons. The van der Waals surface area contributed by atoms with E-state index in [1.807, 2.05) is 62.4 Å². The van der Waals surface area contributed by atoms with Crippen molar-refractivity contribution in [3.8, 4) is 0 Å². The van der Waals surface area contributed by atoms with Crippen molar-refractivity contribution < 1.29 is 23.9 Å². The van der Waals surface area contributed by atoms with E-state index in [0.29, 0.717) is 12.0 Å². The average molecular weight is 567 g/mol. The van der Waals surface area contributed by atoms with Crippen LogP contribution in [0.1, 0.15) is 88.1 Å². The van der Waals surface area contributed by atoms with Crippen LogP contribution in [0, 0.1) is 13.8 Å². The molecular weight excluding hydrogens is 520 g/mol. The number of amides is 4. The summed E-state index contributed by atoms with van der Waals surface area (Å²) in [5, 5.41) is 5.51. The van der Waals surface area contributed by atoms with Crippen LogP contribution in [0.25, 0.3) is 0 Å². The Morgan fingerprint density at radius 1 is 0.951 bits per heavy atom. The predicted molar refractivity (Wildman–Crippen MR) is 160 cm³/mol. The van der Waals surface area contributed by atoms with Crippen LogP contribution in [0.2, 0.25) is 0 Å². The zero-order valence-electron chi connectivity index (χ0n) is 25.3. The SMILES string of the molecule is CCCCCCN(C(=O)C(CC(N)=O)NC(=O)OC(C)(C)C)C(C(=O)NCc1ccccc1)c1ccc(C)c(C)c1. The quantitative estimate of drug-likeness (QED) is 0.282. The van der Waals surface area contributed by atoms with Gasteiger partial charge in [-0.15, -0.1) is 0 Å². The highest BCUT2D eigenvalue weighted by Crippen LogP contribution is 2.26. The monoisotopic (exact) mass is 566 g/mol. The van der Waals surface area contributed by atoms with Crippen LogP contribution in [0.5, 0.6) is 0 Å². The number of ether oxygens (including phenoxy) is 1. The molecule has 4 amide bonds. The summed E-state index contributed by atoms with van der Waals surface area (Å²) in [6, 6.07) is 12.9. The first-order valence-electron chi connectivity index (χ1n) is 14.3. The summed E-state index contributed by atoms with van der Waals surface area (Å²) in [5.41, 5.74) is 8.25. The molecule has 0 aliphatic heterocycles. The summed E-state index contributed by atoms with van der Waals surface area (Å²) >= 11 is 0. The van der Waals surface area contributed by atoms with Crippen LogP contribution in [0.3, 0.4) is 0 Å². The second-order valence-electron chi connectivity index (χ2n) is 11.4. The summed E-state index contributed by atoms with van der Waals surface area (Å²) in [4.78, 5) is 54.2. The van der Waals surface area contributed by atoms with Crippen LogP contribution in [0.15, 0.2) is 48.5 Å². The summed E-state index contributed by atoms with van der Waals surface area (Å²) in [6.45, 7) is 11.6. The van der Waals surface area contributed by atoms with E-state index >= 15 is 0 Å². The molecule has 0 saturated carbocycles. The summed E-state index contributed by atoms with van der Waals surface area (Å²) in [7, 11) is 0. The molecule has 2 atom stereocenters. The first-order chi connectivity index (χ1) is 19.3. The zero-order valence-corrected chi connectivity index (χ0v) is 25.3. The number of primary amides is 1. The van der Waals surface area contributed by atoms with Gasteiger partial charge >= 0.3 is 6.09 Å². The first kappa shape index (κ1) is 33.3. The number of carbonyl (C=O) groups excluding carboxylic acids is 4. The van der Waals surface area contributed by atoms with Crippen molar-refractivity contribution in [1.29, 1.82) is 0 Å². The fraction of sp³-hybridized carbons (Fsp3) is 0.500. The molecule has 2 unspecified atom stereocenters. The number of aryl methyl sites for hydroxylation is 2. The number of hydrogen-bond donors (Lipinski definition) is 3. The van der Waals surface area contributed by atoms with Crippen molar-refractivity contribution in [1.82, 2.24) is 15.5 Å². The van der Waals surface area contributed by atoms with Gasteiger partial charge in [-0.2, -0.15) is 0 Å². The Morgan fingerprint density at radius 2 is 1.63 bits per heavy atom. The van der Waals surface area contributed by atoms with Crippen LogP contribution >= 0.6 is 0 Å². The molecule has 9 heteroatoms. The van der Waals surface area contributed by atoms with Gasteiger partial charge in [0.2, 0.25) is 17.7 Å². The third kappa shape index (κ3) is 11.3. The van der Waals surface area contributed by atoms with Crippen molar-refractivity contribution in [2.24, 2.45) is 5.73 Å². The van der Waals surface area contributed by atoms with E-state index in [9.17, 15) is 19.2 Å². The lowest BCUT2D eigenvalue weighted by molar-refractivity contribution is -0.143. The molecule has 2 aromatic rings. The van der Waals surface area contributed by atoms with Crippen molar-refractivity contribution >= 4 is 23.8 Å². The zero-order chi connectivity index (χ0) is 30.6. The van der Waals surface area contributed by atoms with Crippen LogP contribution in [0.4, 0.5) is 4.79 Å². The molecular formula is C32H46N4O5. The molecule has 2 rings (SSSR count). The summed E-state index contributed by atoms with van der Waals surface area (Å²) in [5.74, 6) is -1.71. The van der Waals surface area contributed by atoms with E-state index in [1.54, 1.807) is 20.8 Å². The molecule has 0 spiro atoms. The molecule has 2 aromatic carbocycles. The molecule has 41 heavy (non-hydrogen) atoms. The lowest BCUT2D eigenvalue weighted by Gasteiger charge is -2.34. The van der Waals surface area contributed by atoms with Gasteiger partial charge in [-0.05, 0) is 63.3 Å². The Morgan fingerprint density at radius 3 is 2.22 bits per heavy atom. The average Bonchev–Trinajstić information content (AvgIpc) is 2.89. The maximum Gasteiger partial charge on any atom is 0.408 e. The number of rotatable bonds is 14. The fourth-order valence-electron chi connectivity index (χ4n) is 4.42. The maximum absolute atomic E-state index is 14.2. The van der Waals surface area contributed by atoms with E-state index < -0.39 is 42.0 Å². The molecule has 0 bridgehead atoms. The van der Waals surface area contributed by atoms with E-state index in [1.165, 1.54) is 4.90 Å². The van der Waals surface area contributed by atoms with Gasteiger partial charge in [0.25, 0.3) is 0 Å². The number of hydrogen-bond acceptors (Lipinski definition) is 5. The van der Waals surface area contributed by atoms with Gasteiger partial charge in [-0.25, -0.2) is 4.79 Å². The molecule has 0 heterocycles. The van der Waals surface area contributed by atoms with Crippen molar-refractivity contribution in [3.63, 3.8) is 0 Å². The van der Waals surface area contributed by atoms with E-state index in [2.05, 4.69) is 17.6 Å². The topological polar surface area (TPSA) is 131 Å². The predicted octanol–water partition coefficient (Wildman–Crippen LogP) is 4.84. The molecule has 0 saturated heterocycles. The van der Waals surface area contributed by atoms with Crippen molar-refractivity contribution in [3.05, 3.63) is 70.8 Å². The molecule has 224 valence electrons. The largest absolute Gasteiger partial charge is 0.444 e. The minimum absolute atomic E-state index is 0.250. The van der Waals surface area contributed by atoms with Gasteiger partial charge in [-0.3, -0.25) is 14.4 Å².